The minimum absolute atomic E-state index is 0.366. The van der Waals surface area contributed by atoms with Crippen LogP contribution < -0.4 is 16.3 Å². The molecule has 1 aromatic carbocycles. The molecule has 0 bridgehead atoms. The predicted octanol–water partition coefficient (Wildman–Crippen LogP) is 0.710. The van der Waals surface area contributed by atoms with Gasteiger partial charge in [0.05, 0.1) is 5.52 Å². The van der Waals surface area contributed by atoms with Crippen LogP contribution in [-0.4, -0.2) is 4.98 Å². The van der Waals surface area contributed by atoms with Crippen LogP contribution >= 0.6 is 0 Å². The largest absolute Gasteiger partial charge is 0.399 e. The Kier molecular flexibility index (Phi) is 1.42. The molecule has 2 rings (SSSR count). The summed E-state index contributed by atoms with van der Waals surface area (Å²) < 4.78 is 13.3. The Balaban J connectivity index is 3.12. The van der Waals surface area contributed by atoms with E-state index in [0.717, 1.165) is 0 Å². The summed E-state index contributed by atoms with van der Waals surface area (Å²) in [5, 5.41) is 2.02. The molecule has 0 saturated carbocycles. The topological polar surface area (TPSA) is 41.8 Å². The quantitative estimate of drug-likeness (QED) is 0.570. The molecule has 1 heterocycles. The fraction of sp³-hybridized carbons (Fsp3) is 0. The number of nitrogens with one attached hydrogen (secondary N) is 1. The van der Waals surface area contributed by atoms with Crippen LogP contribution in [0, 0.1) is 5.82 Å². The van der Waals surface area contributed by atoms with Crippen LogP contribution in [0.2, 0.25) is 0 Å². The molecule has 13 heavy (non-hydrogen) atoms. The Labute approximate surface area is 74.2 Å². The Morgan fingerprint density at radius 3 is 2.69 bits per heavy atom. The molecule has 3 N–H and O–H groups in total. The summed E-state index contributed by atoms with van der Waals surface area (Å²) in [4.78, 5) is 2.82. The fourth-order valence-corrected chi connectivity index (χ4v) is 1.38. The fourth-order valence-electron chi connectivity index (χ4n) is 1.38. The van der Waals surface area contributed by atoms with Gasteiger partial charge < -0.3 is 10.7 Å². The van der Waals surface area contributed by atoms with E-state index >= 15 is 0 Å². The number of nitrogens with two attached hydrogens (primary N) is 1. The van der Waals surface area contributed by atoms with E-state index in [4.69, 9.17) is 5.73 Å². The molecule has 0 aliphatic rings. The van der Waals surface area contributed by atoms with Crippen molar-refractivity contribution in [3.8, 4) is 0 Å². The van der Waals surface area contributed by atoms with Gasteiger partial charge >= 0.3 is 0 Å². The molecule has 0 fully saturated rings. The molecule has 1 aromatic heterocycles. The predicted molar refractivity (Wildman–Crippen MR) is 53.0 cm³/mol. The number of benzene rings is 1. The van der Waals surface area contributed by atoms with E-state index in [1.807, 2.05) is 0 Å². The smallest absolute Gasteiger partial charge is 0.149 e. The van der Waals surface area contributed by atoms with Crippen molar-refractivity contribution >= 4 is 29.7 Å². The Morgan fingerprint density at radius 1 is 1.31 bits per heavy atom. The van der Waals surface area contributed by atoms with Crippen LogP contribution in [0.25, 0.3) is 24.1 Å². The number of anilines is 1. The summed E-state index contributed by atoms with van der Waals surface area (Å²) in [6.07, 6.45) is 0. The van der Waals surface area contributed by atoms with Gasteiger partial charge in [-0.2, -0.15) is 0 Å². The Morgan fingerprint density at radius 2 is 2.00 bits per heavy atom. The molecule has 0 aliphatic carbocycles. The van der Waals surface area contributed by atoms with Gasteiger partial charge in [-0.25, -0.2) is 4.39 Å². The lowest BCUT2D eigenvalue weighted by Gasteiger charge is -1.95. The molecule has 66 valence electrons. The van der Waals surface area contributed by atoms with Crippen molar-refractivity contribution < 1.29 is 4.39 Å². The average molecular weight is 176 g/mol. The molecule has 0 amide bonds. The monoisotopic (exact) mass is 176 g/mol. The lowest BCUT2D eigenvalue weighted by molar-refractivity contribution is 0.638. The van der Waals surface area contributed by atoms with Crippen LogP contribution in [0.3, 0.4) is 0 Å². The number of H-pyrrole nitrogens is 1. The highest BCUT2D eigenvalue weighted by Crippen LogP contribution is 2.15. The number of aromatic amines is 1. The van der Waals surface area contributed by atoms with Crippen molar-refractivity contribution in [1.29, 1.82) is 0 Å². The van der Waals surface area contributed by atoms with Gasteiger partial charge in [0.2, 0.25) is 0 Å². The number of halogens is 1. The maximum absolute atomic E-state index is 13.3. The van der Waals surface area contributed by atoms with Gasteiger partial charge in [0, 0.05) is 16.4 Å². The molecule has 0 spiro atoms. The van der Waals surface area contributed by atoms with Crippen molar-refractivity contribution in [3.63, 3.8) is 0 Å². The standard InChI is InChI=1S/C10H9FN2/c1-5-6(2)13-10-8(5)3-7(12)4-9(10)11/h3-4,13H,1-2,12H2. The second kappa shape index (κ2) is 2.36. The molecule has 0 unspecified atom stereocenters. The van der Waals surface area contributed by atoms with Crippen LogP contribution in [0.15, 0.2) is 12.1 Å². The molecular formula is C10H9FN2. The molecule has 0 atom stereocenters. The summed E-state index contributed by atoms with van der Waals surface area (Å²) in [5.74, 6) is -0.366. The molecule has 0 saturated heterocycles. The molecule has 0 radical (unpaired) electrons. The third-order valence-corrected chi connectivity index (χ3v) is 2.08. The van der Waals surface area contributed by atoms with Gasteiger partial charge in [-0.1, -0.05) is 13.2 Å². The molecular weight excluding hydrogens is 167 g/mol. The third-order valence-electron chi connectivity index (χ3n) is 2.08. The maximum Gasteiger partial charge on any atom is 0.149 e. The van der Waals surface area contributed by atoms with E-state index in [-0.39, 0.29) is 5.82 Å². The summed E-state index contributed by atoms with van der Waals surface area (Å²) in [6, 6.07) is 2.96. The van der Waals surface area contributed by atoms with Crippen molar-refractivity contribution in [2.24, 2.45) is 0 Å². The van der Waals surface area contributed by atoms with Crippen LogP contribution in [0.5, 0.6) is 0 Å². The van der Waals surface area contributed by atoms with Crippen molar-refractivity contribution in [2.75, 3.05) is 5.73 Å². The summed E-state index contributed by atoms with van der Waals surface area (Å²) in [7, 11) is 0. The van der Waals surface area contributed by atoms with E-state index in [0.29, 0.717) is 27.2 Å². The first-order valence-corrected chi connectivity index (χ1v) is 3.84. The van der Waals surface area contributed by atoms with E-state index in [1.54, 1.807) is 6.07 Å². The minimum atomic E-state index is -0.366. The van der Waals surface area contributed by atoms with Gasteiger partial charge in [-0.15, -0.1) is 0 Å². The number of hydrogen-bond acceptors (Lipinski definition) is 1. The van der Waals surface area contributed by atoms with Crippen molar-refractivity contribution in [3.05, 3.63) is 28.5 Å². The third kappa shape index (κ3) is 1.01. The lowest BCUT2D eigenvalue weighted by atomic mass is 10.2. The molecule has 2 nitrogen and oxygen atoms in total. The van der Waals surface area contributed by atoms with Gasteiger partial charge in [0.25, 0.3) is 0 Å². The number of nitrogen functional groups attached to an aromatic ring is 1. The molecule has 0 aliphatic heterocycles. The highest BCUT2D eigenvalue weighted by molar-refractivity contribution is 5.84. The SMILES string of the molecule is C=c1[nH]c2c(F)cc(N)cc2c1=C. The first kappa shape index (κ1) is 7.86. The highest BCUT2D eigenvalue weighted by atomic mass is 19.1. The van der Waals surface area contributed by atoms with E-state index in [1.165, 1.54) is 6.07 Å². The van der Waals surface area contributed by atoms with Gasteiger partial charge in [-0.3, -0.25) is 0 Å². The summed E-state index contributed by atoms with van der Waals surface area (Å²) in [6.45, 7) is 7.48. The van der Waals surface area contributed by atoms with Gasteiger partial charge in [0.1, 0.15) is 5.82 Å². The maximum atomic E-state index is 13.3. The van der Waals surface area contributed by atoms with E-state index < -0.39 is 0 Å². The zero-order chi connectivity index (χ0) is 9.59. The number of hydrogen-bond donors (Lipinski definition) is 2. The van der Waals surface area contributed by atoms with Crippen molar-refractivity contribution in [1.82, 2.24) is 4.98 Å². The minimum Gasteiger partial charge on any atom is -0.399 e. The number of rotatable bonds is 0. The normalized spacial score (nSPS) is 10.8. The number of aromatic nitrogens is 1. The van der Waals surface area contributed by atoms with Gasteiger partial charge in [-0.05, 0) is 17.4 Å². The van der Waals surface area contributed by atoms with Crippen LogP contribution in [0.4, 0.5) is 10.1 Å². The Hall–Kier alpha value is -1.77. The highest BCUT2D eigenvalue weighted by Gasteiger charge is 2.04. The van der Waals surface area contributed by atoms with E-state index in [2.05, 4.69) is 18.1 Å². The number of fused-ring (bicyclic) bond motifs is 1. The summed E-state index contributed by atoms with van der Waals surface area (Å²) >= 11 is 0. The Bertz CT molecular complexity index is 569. The summed E-state index contributed by atoms with van der Waals surface area (Å²) in [5.41, 5.74) is 6.32. The molecule has 3 heteroatoms. The average Bonchev–Trinajstić information content (AvgIpc) is 2.32. The van der Waals surface area contributed by atoms with Crippen LogP contribution in [0.1, 0.15) is 0 Å². The first-order chi connectivity index (χ1) is 6.09. The van der Waals surface area contributed by atoms with Crippen molar-refractivity contribution in [2.45, 2.75) is 0 Å². The second-order valence-corrected chi connectivity index (χ2v) is 3.01. The van der Waals surface area contributed by atoms with Gasteiger partial charge in [0.15, 0.2) is 0 Å². The zero-order valence-corrected chi connectivity index (χ0v) is 7.02. The molecule has 2 aromatic rings. The lowest BCUT2D eigenvalue weighted by Crippen LogP contribution is -2.18. The zero-order valence-electron chi connectivity index (χ0n) is 7.02. The second-order valence-electron chi connectivity index (χ2n) is 3.01. The first-order valence-electron chi connectivity index (χ1n) is 3.84. The van der Waals surface area contributed by atoms with Crippen LogP contribution in [-0.2, 0) is 0 Å². The van der Waals surface area contributed by atoms with E-state index in [9.17, 15) is 4.39 Å².